The maximum Gasteiger partial charge on any atom is 0.318 e. The Labute approximate surface area is 88.8 Å². The van der Waals surface area contributed by atoms with Gasteiger partial charge < -0.3 is 4.74 Å². The lowest BCUT2D eigenvalue weighted by Gasteiger charge is -2.06. The van der Waals surface area contributed by atoms with E-state index in [0.717, 1.165) is 6.26 Å². The number of nitrogens with zero attached hydrogens (tertiary/aromatic N) is 2. The average molecular weight is 231 g/mol. The van der Waals surface area contributed by atoms with E-state index in [2.05, 4.69) is 14.7 Å². The Kier molecular flexibility index (Phi) is 3.46. The summed E-state index contributed by atoms with van der Waals surface area (Å²) in [4.78, 5) is 7.89. The first-order valence-corrected chi connectivity index (χ1v) is 6.23. The van der Waals surface area contributed by atoms with Crippen LogP contribution in [0, 0.1) is 0 Å². The number of aryl methyl sites for hydroxylation is 1. The van der Waals surface area contributed by atoms with Gasteiger partial charge >= 0.3 is 6.01 Å². The fourth-order valence-electron chi connectivity index (χ4n) is 0.988. The third-order valence-corrected chi connectivity index (χ3v) is 2.17. The summed E-state index contributed by atoms with van der Waals surface area (Å²) in [6.45, 7) is 1.91. The summed E-state index contributed by atoms with van der Waals surface area (Å²) >= 11 is 0. The molecule has 0 atom stereocenters. The van der Waals surface area contributed by atoms with Crippen molar-refractivity contribution in [2.75, 3.05) is 18.1 Å². The van der Waals surface area contributed by atoms with Gasteiger partial charge in [0.05, 0.1) is 13.4 Å². The Balaban J connectivity index is 3.07. The quantitative estimate of drug-likeness (QED) is 0.812. The minimum absolute atomic E-state index is 0.153. The van der Waals surface area contributed by atoms with E-state index in [1.165, 1.54) is 7.11 Å². The maximum absolute atomic E-state index is 11.0. The third kappa shape index (κ3) is 3.70. The van der Waals surface area contributed by atoms with Crippen LogP contribution >= 0.6 is 0 Å². The molecule has 0 radical (unpaired) electrons. The number of ether oxygens (including phenoxy) is 1. The molecule has 0 spiro atoms. The average Bonchev–Trinajstić information content (AvgIpc) is 2.14. The van der Waals surface area contributed by atoms with E-state index in [4.69, 9.17) is 4.74 Å². The number of nitrogens with one attached hydrogen (secondary N) is 1. The third-order valence-electron chi connectivity index (χ3n) is 1.59. The van der Waals surface area contributed by atoms with E-state index in [1.54, 1.807) is 6.07 Å². The first-order chi connectivity index (χ1) is 6.94. The minimum atomic E-state index is -3.32. The standard InChI is InChI=1S/C8H13N3O3S/c1-4-6-5-7(11-15(3,12)13)10-8(9-6)14-2/h5H,4H2,1-3H3,(H,9,10,11). The predicted octanol–water partition coefficient (Wildman–Crippen LogP) is 0.419. The molecule has 84 valence electrons. The van der Waals surface area contributed by atoms with E-state index < -0.39 is 10.0 Å². The summed E-state index contributed by atoms with van der Waals surface area (Å²) in [7, 11) is -1.89. The second-order valence-corrected chi connectivity index (χ2v) is 4.71. The highest BCUT2D eigenvalue weighted by atomic mass is 32.2. The number of rotatable bonds is 4. The lowest BCUT2D eigenvalue weighted by molar-refractivity contribution is 0.379. The molecule has 1 N–H and O–H groups in total. The van der Waals surface area contributed by atoms with Crippen LogP contribution in [0.25, 0.3) is 0 Å². The lowest BCUT2D eigenvalue weighted by Crippen LogP contribution is -2.12. The molecule has 0 bridgehead atoms. The molecule has 0 aromatic carbocycles. The predicted molar refractivity (Wildman–Crippen MR) is 56.4 cm³/mol. The molecule has 0 aliphatic carbocycles. The molecule has 1 heterocycles. The van der Waals surface area contributed by atoms with Gasteiger partial charge in [0.15, 0.2) is 0 Å². The van der Waals surface area contributed by atoms with Crippen molar-refractivity contribution in [2.45, 2.75) is 13.3 Å². The van der Waals surface area contributed by atoms with Crippen LogP contribution in [0.2, 0.25) is 0 Å². The number of hydrogen-bond acceptors (Lipinski definition) is 5. The van der Waals surface area contributed by atoms with Gasteiger partial charge in [0.25, 0.3) is 0 Å². The first-order valence-electron chi connectivity index (χ1n) is 4.34. The second kappa shape index (κ2) is 4.43. The highest BCUT2D eigenvalue weighted by Crippen LogP contribution is 2.12. The van der Waals surface area contributed by atoms with Gasteiger partial charge in [-0.1, -0.05) is 6.92 Å². The number of hydrogen-bond donors (Lipinski definition) is 1. The minimum Gasteiger partial charge on any atom is -0.467 e. The number of sulfonamides is 1. The molecule has 0 aliphatic rings. The van der Waals surface area contributed by atoms with Crippen molar-refractivity contribution in [2.24, 2.45) is 0 Å². The van der Waals surface area contributed by atoms with E-state index in [1.807, 2.05) is 6.92 Å². The molecule has 7 heteroatoms. The zero-order valence-electron chi connectivity index (χ0n) is 8.81. The van der Waals surface area contributed by atoms with Crippen LogP contribution in [-0.2, 0) is 16.4 Å². The Morgan fingerprint density at radius 3 is 2.60 bits per heavy atom. The molecule has 15 heavy (non-hydrogen) atoms. The van der Waals surface area contributed by atoms with Gasteiger partial charge in [-0.25, -0.2) is 13.4 Å². The van der Waals surface area contributed by atoms with Gasteiger partial charge in [-0.2, -0.15) is 4.98 Å². The number of anilines is 1. The first kappa shape index (κ1) is 11.7. The highest BCUT2D eigenvalue weighted by molar-refractivity contribution is 7.92. The maximum atomic E-state index is 11.0. The van der Waals surface area contributed by atoms with Gasteiger partial charge in [-0.05, 0) is 6.42 Å². The Bertz CT molecular complexity index is 422. The zero-order valence-corrected chi connectivity index (χ0v) is 9.63. The van der Waals surface area contributed by atoms with Crippen LogP contribution in [0.4, 0.5) is 5.82 Å². The lowest BCUT2D eigenvalue weighted by atomic mass is 10.3. The van der Waals surface area contributed by atoms with Gasteiger partial charge in [0.1, 0.15) is 5.82 Å². The Morgan fingerprint density at radius 1 is 1.47 bits per heavy atom. The van der Waals surface area contributed by atoms with Crippen LogP contribution in [-0.4, -0.2) is 31.8 Å². The summed E-state index contributed by atoms with van der Waals surface area (Å²) in [5, 5.41) is 0. The summed E-state index contributed by atoms with van der Waals surface area (Å²) in [6, 6.07) is 1.73. The largest absolute Gasteiger partial charge is 0.467 e. The van der Waals surface area contributed by atoms with E-state index in [-0.39, 0.29) is 11.8 Å². The molecule has 6 nitrogen and oxygen atoms in total. The molecule has 1 aromatic rings. The van der Waals surface area contributed by atoms with Crippen molar-refractivity contribution in [3.05, 3.63) is 11.8 Å². The van der Waals surface area contributed by atoms with Crippen LogP contribution in [0.3, 0.4) is 0 Å². The van der Waals surface area contributed by atoms with E-state index in [9.17, 15) is 8.42 Å². The smallest absolute Gasteiger partial charge is 0.318 e. The fraction of sp³-hybridized carbons (Fsp3) is 0.500. The van der Waals surface area contributed by atoms with Crippen molar-refractivity contribution in [1.82, 2.24) is 9.97 Å². The second-order valence-electron chi connectivity index (χ2n) is 2.96. The van der Waals surface area contributed by atoms with Crippen molar-refractivity contribution in [3.8, 4) is 6.01 Å². The molecule has 0 unspecified atom stereocenters. The fourth-order valence-corrected chi connectivity index (χ4v) is 1.47. The molecule has 0 aliphatic heterocycles. The zero-order chi connectivity index (χ0) is 11.5. The summed E-state index contributed by atoms with van der Waals surface area (Å²) < 4.78 is 29.1. The van der Waals surface area contributed by atoms with Gasteiger partial charge in [-0.15, -0.1) is 0 Å². The number of methoxy groups -OCH3 is 1. The van der Waals surface area contributed by atoms with Gasteiger partial charge in [0.2, 0.25) is 10.0 Å². The summed E-state index contributed by atoms with van der Waals surface area (Å²) in [6.07, 6.45) is 1.74. The highest BCUT2D eigenvalue weighted by Gasteiger charge is 2.07. The molecule has 1 aromatic heterocycles. The summed E-state index contributed by atoms with van der Waals surface area (Å²) in [5.41, 5.74) is 0.716. The molecular weight excluding hydrogens is 218 g/mol. The van der Waals surface area contributed by atoms with Crippen molar-refractivity contribution in [3.63, 3.8) is 0 Å². The summed E-state index contributed by atoms with van der Waals surface area (Å²) in [5.74, 6) is 0.223. The van der Waals surface area contributed by atoms with Crippen LogP contribution in [0.5, 0.6) is 6.01 Å². The Morgan fingerprint density at radius 2 is 2.13 bits per heavy atom. The van der Waals surface area contributed by atoms with Crippen LogP contribution in [0.1, 0.15) is 12.6 Å². The normalized spacial score (nSPS) is 11.1. The van der Waals surface area contributed by atoms with Crippen LogP contribution in [0.15, 0.2) is 6.07 Å². The van der Waals surface area contributed by atoms with Crippen LogP contribution < -0.4 is 9.46 Å². The topological polar surface area (TPSA) is 81.2 Å². The molecule has 1 rings (SSSR count). The van der Waals surface area contributed by atoms with Crippen molar-refractivity contribution in [1.29, 1.82) is 0 Å². The molecular formula is C8H13N3O3S. The molecule has 0 amide bonds. The Hall–Kier alpha value is -1.37. The molecule has 0 fully saturated rings. The van der Waals surface area contributed by atoms with Gasteiger partial charge in [0, 0.05) is 11.8 Å². The van der Waals surface area contributed by atoms with E-state index in [0.29, 0.717) is 12.1 Å². The monoisotopic (exact) mass is 231 g/mol. The van der Waals surface area contributed by atoms with Gasteiger partial charge in [-0.3, -0.25) is 4.72 Å². The van der Waals surface area contributed by atoms with Crippen molar-refractivity contribution >= 4 is 15.8 Å². The molecule has 0 saturated carbocycles. The van der Waals surface area contributed by atoms with Crippen molar-refractivity contribution < 1.29 is 13.2 Å². The number of aromatic nitrogens is 2. The molecule has 0 saturated heterocycles. The SMILES string of the molecule is CCc1cc(NS(C)(=O)=O)nc(OC)n1. The van der Waals surface area contributed by atoms with E-state index >= 15 is 0 Å².